The van der Waals surface area contributed by atoms with Crippen molar-refractivity contribution in [2.75, 3.05) is 27.0 Å². The molecule has 0 amide bonds. The van der Waals surface area contributed by atoms with E-state index in [-0.39, 0.29) is 12.6 Å². The van der Waals surface area contributed by atoms with Gasteiger partial charge in [0, 0.05) is 14.2 Å². The van der Waals surface area contributed by atoms with Crippen molar-refractivity contribution in [2.24, 2.45) is 0 Å². The third-order valence-corrected chi connectivity index (χ3v) is 3.48. The molecule has 0 bridgehead atoms. The van der Waals surface area contributed by atoms with E-state index in [0.29, 0.717) is 0 Å². The number of nitrogens with zero attached hydrogens (tertiary/aromatic N) is 1. The predicted molar refractivity (Wildman–Crippen MR) is 59.1 cm³/mol. The Kier molecular flexibility index (Phi) is 6.35. The number of ether oxygens (including phenoxy) is 2. The fourth-order valence-electron chi connectivity index (χ4n) is 0.874. The number of likely N-dealkylation sites (N-methyl/N-ethyl adjacent to an activating group) is 1. The van der Waals surface area contributed by atoms with Crippen LogP contribution in [0, 0.1) is 0 Å². The van der Waals surface area contributed by atoms with Crippen molar-refractivity contribution < 1.29 is 17.9 Å². The van der Waals surface area contributed by atoms with Crippen LogP contribution in [0.15, 0.2) is 0 Å². The lowest BCUT2D eigenvalue weighted by Gasteiger charge is -2.24. The summed E-state index contributed by atoms with van der Waals surface area (Å²) in [7, 11) is -0.173. The molecule has 0 aliphatic rings. The summed E-state index contributed by atoms with van der Waals surface area (Å²) in [6.45, 7) is 4.13. The van der Waals surface area contributed by atoms with Gasteiger partial charge in [-0.3, -0.25) is 0 Å². The quantitative estimate of drug-likeness (QED) is 0.613. The average molecular weight is 239 g/mol. The third-order valence-electron chi connectivity index (χ3n) is 2.19. The summed E-state index contributed by atoms with van der Waals surface area (Å²) >= 11 is 0. The summed E-state index contributed by atoms with van der Waals surface area (Å²) in [5.74, 6) is 0. The van der Waals surface area contributed by atoms with Gasteiger partial charge in [0.1, 0.15) is 0 Å². The number of sulfonamides is 1. The Labute approximate surface area is 92.4 Å². The zero-order valence-electron chi connectivity index (χ0n) is 10.1. The van der Waals surface area contributed by atoms with Crippen LogP contribution in [0.25, 0.3) is 0 Å². The summed E-state index contributed by atoms with van der Waals surface area (Å²) in [6.07, 6.45) is 1.56. The zero-order chi connectivity index (χ0) is 12.1. The molecule has 0 aliphatic carbocycles. The lowest BCUT2D eigenvalue weighted by molar-refractivity contribution is -0.153. The molecule has 92 valence electrons. The molecule has 2 unspecified atom stereocenters. The van der Waals surface area contributed by atoms with E-state index in [1.165, 1.54) is 18.5 Å². The Morgan fingerprint density at radius 3 is 2.27 bits per heavy atom. The molecule has 5 nitrogen and oxygen atoms in total. The SMILES string of the molecule is CCC(C)OC(CN(C)S(C)(=O)=O)OC. The largest absolute Gasteiger partial charge is 0.354 e. The van der Waals surface area contributed by atoms with Crippen molar-refractivity contribution in [1.29, 1.82) is 0 Å². The van der Waals surface area contributed by atoms with Crippen LogP contribution in [-0.2, 0) is 19.5 Å². The highest BCUT2D eigenvalue weighted by atomic mass is 32.2. The molecule has 6 heteroatoms. The molecule has 0 aromatic rings. The molecule has 0 N–H and O–H groups in total. The standard InChI is InChI=1S/C9H21NO4S/c1-6-8(2)14-9(13-4)7-10(3)15(5,11)12/h8-9H,6-7H2,1-5H3. The fourth-order valence-corrected chi connectivity index (χ4v) is 1.27. The van der Waals surface area contributed by atoms with E-state index in [0.717, 1.165) is 12.7 Å². The highest BCUT2D eigenvalue weighted by molar-refractivity contribution is 7.88. The maximum absolute atomic E-state index is 11.2. The second-order valence-corrected chi connectivity index (χ2v) is 5.65. The molecule has 0 aliphatic heterocycles. The average Bonchev–Trinajstić information content (AvgIpc) is 2.14. The molecule has 0 saturated heterocycles. The zero-order valence-corrected chi connectivity index (χ0v) is 10.9. The van der Waals surface area contributed by atoms with Crippen molar-refractivity contribution >= 4 is 10.0 Å². The minimum atomic E-state index is -3.18. The Morgan fingerprint density at radius 2 is 1.93 bits per heavy atom. The van der Waals surface area contributed by atoms with Crippen LogP contribution in [0.4, 0.5) is 0 Å². The molecule has 0 rings (SSSR count). The molecule has 0 aromatic carbocycles. The normalized spacial score (nSPS) is 16.7. The molecule has 0 radical (unpaired) electrons. The van der Waals surface area contributed by atoms with Gasteiger partial charge in [-0.1, -0.05) is 6.92 Å². The third kappa shape index (κ3) is 6.09. The van der Waals surface area contributed by atoms with Gasteiger partial charge in [0.05, 0.1) is 18.9 Å². The van der Waals surface area contributed by atoms with Crippen molar-refractivity contribution in [1.82, 2.24) is 4.31 Å². The Balaban J connectivity index is 4.22. The second-order valence-electron chi connectivity index (χ2n) is 3.56. The topological polar surface area (TPSA) is 55.8 Å². The van der Waals surface area contributed by atoms with Gasteiger partial charge < -0.3 is 9.47 Å². The van der Waals surface area contributed by atoms with Gasteiger partial charge in [-0.2, -0.15) is 0 Å². The van der Waals surface area contributed by atoms with E-state index >= 15 is 0 Å². The fraction of sp³-hybridized carbons (Fsp3) is 1.00. The van der Waals surface area contributed by atoms with Crippen LogP contribution < -0.4 is 0 Å². The summed E-state index contributed by atoms with van der Waals surface area (Å²) in [5, 5.41) is 0. The maximum Gasteiger partial charge on any atom is 0.211 e. The second kappa shape index (κ2) is 6.42. The van der Waals surface area contributed by atoms with Crippen LogP contribution in [0.3, 0.4) is 0 Å². The first-order valence-corrected chi connectivity index (χ1v) is 6.75. The molecule has 0 saturated carbocycles. The van der Waals surface area contributed by atoms with Gasteiger partial charge >= 0.3 is 0 Å². The minimum Gasteiger partial charge on any atom is -0.354 e. The first kappa shape index (κ1) is 14.8. The monoisotopic (exact) mass is 239 g/mol. The van der Waals surface area contributed by atoms with Crippen LogP contribution in [-0.4, -0.2) is 52.1 Å². The van der Waals surface area contributed by atoms with Crippen molar-refractivity contribution in [3.05, 3.63) is 0 Å². The van der Waals surface area contributed by atoms with Gasteiger partial charge in [0.15, 0.2) is 6.29 Å². The summed E-state index contributed by atoms with van der Waals surface area (Å²) < 4.78 is 34.1. The van der Waals surface area contributed by atoms with Crippen LogP contribution in [0.5, 0.6) is 0 Å². The van der Waals surface area contributed by atoms with E-state index in [9.17, 15) is 8.42 Å². The van der Waals surface area contributed by atoms with Crippen LogP contribution in [0.2, 0.25) is 0 Å². The molecule has 0 spiro atoms. The molecular formula is C9H21NO4S. The molecule has 0 fully saturated rings. The maximum atomic E-state index is 11.2. The van der Waals surface area contributed by atoms with Gasteiger partial charge in [0.2, 0.25) is 10.0 Å². The number of hydrogen-bond acceptors (Lipinski definition) is 4. The molecule has 2 atom stereocenters. The Bertz CT molecular complexity index is 265. The van der Waals surface area contributed by atoms with Gasteiger partial charge in [0.25, 0.3) is 0 Å². The highest BCUT2D eigenvalue weighted by Crippen LogP contribution is 2.06. The lowest BCUT2D eigenvalue weighted by atomic mass is 10.3. The number of hydrogen-bond donors (Lipinski definition) is 0. The summed E-state index contributed by atoms with van der Waals surface area (Å²) in [6, 6.07) is 0. The van der Waals surface area contributed by atoms with Gasteiger partial charge in [-0.25, -0.2) is 12.7 Å². The smallest absolute Gasteiger partial charge is 0.211 e. The Morgan fingerprint density at radius 1 is 1.40 bits per heavy atom. The Hall–Kier alpha value is -0.170. The van der Waals surface area contributed by atoms with Crippen molar-refractivity contribution in [3.8, 4) is 0 Å². The van der Waals surface area contributed by atoms with E-state index in [1.54, 1.807) is 0 Å². The van der Waals surface area contributed by atoms with Gasteiger partial charge in [-0.05, 0) is 13.3 Å². The van der Waals surface area contributed by atoms with Crippen molar-refractivity contribution in [3.63, 3.8) is 0 Å². The highest BCUT2D eigenvalue weighted by Gasteiger charge is 2.19. The summed E-state index contributed by atoms with van der Waals surface area (Å²) in [5.41, 5.74) is 0. The molecule has 0 aromatic heterocycles. The predicted octanol–water partition coefficient (Wildman–Crippen LogP) is 0.665. The van der Waals surface area contributed by atoms with E-state index in [2.05, 4.69) is 0 Å². The first-order valence-electron chi connectivity index (χ1n) is 4.90. The number of methoxy groups -OCH3 is 1. The van der Waals surface area contributed by atoms with E-state index in [4.69, 9.17) is 9.47 Å². The van der Waals surface area contributed by atoms with Gasteiger partial charge in [-0.15, -0.1) is 0 Å². The van der Waals surface area contributed by atoms with Crippen LogP contribution >= 0.6 is 0 Å². The lowest BCUT2D eigenvalue weighted by Crippen LogP contribution is -2.37. The number of rotatable bonds is 7. The molecule has 15 heavy (non-hydrogen) atoms. The molecular weight excluding hydrogens is 218 g/mol. The summed E-state index contributed by atoms with van der Waals surface area (Å²) in [4.78, 5) is 0. The first-order chi connectivity index (χ1) is 6.81. The minimum absolute atomic E-state index is 0.0583. The van der Waals surface area contributed by atoms with E-state index in [1.807, 2.05) is 13.8 Å². The van der Waals surface area contributed by atoms with Crippen molar-refractivity contribution in [2.45, 2.75) is 32.7 Å². The molecule has 0 heterocycles. The van der Waals surface area contributed by atoms with Crippen LogP contribution in [0.1, 0.15) is 20.3 Å². The van der Waals surface area contributed by atoms with E-state index < -0.39 is 16.3 Å².